The number of ether oxygens (including phenoxy) is 1. The van der Waals surface area contributed by atoms with Crippen LogP contribution in [0.3, 0.4) is 0 Å². The molecule has 0 fully saturated rings. The number of carbonyl (C=O) groups excluding carboxylic acids is 1. The zero-order chi connectivity index (χ0) is 12.5. The predicted molar refractivity (Wildman–Crippen MR) is 68.6 cm³/mol. The number of aliphatic hydroxyl groups excluding tert-OH is 1. The molecular weight excluding hydrogens is 238 g/mol. The molecule has 0 aliphatic heterocycles. The number of amides is 1. The van der Waals surface area contributed by atoms with E-state index in [1.165, 1.54) is 11.3 Å². The van der Waals surface area contributed by atoms with Gasteiger partial charge in [-0.2, -0.15) is 0 Å². The molecule has 1 aromatic rings. The number of nitrogens with one attached hydrogen (secondary N) is 1. The monoisotopic (exact) mass is 257 g/mol. The molecule has 0 aromatic carbocycles. The van der Waals surface area contributed by atoms with Crippen LogP contribution in [0, 0.1) is 0 Å². The number of rotatable bonds is 8. The second kappa shape index (κ2) is 8.22. The van der Waals surface area contributed by atoms with Crippen LogP contribution in [0.5, 0.6) is 0 Å². The molecule has 1 amide bonds. The van der Waals surface area contributed by atoms with Gasteiger partial charge in [-0.15, -0.1) is 11.3 Å². The van der Waals surface area contributed by atoms with Crippen molar-refractivity contribution in [2.45, 2.75) is 19.8 Å². The summed E-state index contributed by atoms with van der Waals surface area (Å²) in [6.45, 7) is 3.61. The van der Waals surface area contributed by atoms with Gasteiger partial charge < -0.3 is 15.2 Å². The number of aliphatic hydroxyl groups is 1. The van der Waals surface area contributed by atoms with E-state index >= 15 is 0 Å². The molecule has 96 valence electrons. The van der Waals surface area contributed by atoms with Gasteiger partial charge in [0, 0.05) is 13.2 Å². The van der Waals surface area contributed by atoms with Gasteiger partial charge in [0.25, 0.3) is 5.91 Å². The van der Waals surface area contributed by atoms with Crippen LogP contribution < -0.4 is 5.32 Å². The van der Waals surface area contributed by atoms with Gasteiger partial charge in [0.1, 0.15) is 0 Å². The fourth-order valence-electron chi connectivity index (χ4n) is 1.44. The zero-order valence-corrected chi connectivity index (χ0v) is 10.9. The standard InChI is InChI=1S/C12H19NO3S/c1-2-10-4-9-17-11(10)12(15)13-5-3-7-16-8-6-14/h4,9,14H,2-3,5-8H2,1H3,(H,13,15). The molecule has 0 saturated heterocycles. The van der Waals surface area contributed by atoms with E-state index in [1.54, 1.807) is 0 Å². The molecule has 17 heavy (non-hydrogen) atoms. The lowest BCUT2D eigenvalue weighted by molar-refractivity contribution is 0.0869. The van der Waals surface area contributed by atoms with Gasteiger partial charge in [-0.05, 0) is 29.9 Å². The summed E-state index contributed by atoms with van der Waals surface area (Å²) in [5, 5.41) is 13.3. The summed E-state index contributed by atoms with van der Waals surface area (Å²) in [7, 11) is 0. The van der Waals surface area contributed by atoms with Crippen molar-refractivity contribution in [1.29, 1.82) is 0 Å². The van der Waals surface area contributed by atoms with E-state index in [1.807, 2.05) is 18.4 Å². The second-order valence-electron chi connectivity index (χ2n) is 3.57. The first-order chi connectivity index (χ1) is 8.29. The maximum Gasteiger partial charge on any atom is 0.261 e. The van der Waals surface area contributed by atoms with Crippen molar-refractivity contribution in [2.24, 2.45) is 0 Å². The van der Waals surface area contributed by atoms with E-state index in [0.717, 1.165) is 23.3 Å². The van der Waals surface area contributed by atoms with E-state index in [0.29, 0.717) is 19.8 Å². The summed E-state index contributed by atoms with van der Waals surface area (Å²) in [5.74, 6) is -0.000918. The van der Waals surface area contributed by atoms with Gasteiger partial charge in [-0.1, -0.05) is 6.92 Å². The second-order valence-corrected chi connectivity index (χ2v) is 4.49. The molecule has 0 unspecified atom stereocenters. The first-order valence-corrected chi connectivity index (χ1v) is 6.70. The Kier molecular flexibility index (Phi) is 6.84. The lowest BCUT2D eigenvalue weighted by Crippen LogP contribution is -2.25. The molecule has 0 aliphatic rings. The zero-order valence-electron chi connectivity index (χ0n) is 10.1. The van der Waals surface area contributed by atoms with E-state index in [-0.39, 0.29) is 12.5 Å². The number of hydrogen-bond donors (Lipinski definition) is 2. The Balaban J connectivity index is 2.21. The molecule has 0 bridgehead atoms. The minimum absolute atomic E-state index is 0.000918. The molecule has 1 heterocycles. The SMILES string of the molecule is CCc1ccsc1C(=O)NCCCOCCO. The molecular formula is C12H19NO3S. The Hall–Kier alpha value is -0.910. The molecule has 0 saturated carbocycles. The average molecular weight is 257 g/mol. The van der Waals surface area contributed by atoms with Gasteiger partial charge in [0.15, 0.2) is 0 Å². The van der Waals surface area contributed by atoms with Crippen molar-refractivity contribution in [2.75, 3.05) is 26.4 Å². The highest BCUT2D eigenvalue weighted by Gasteiger charge is 2.10. The third kappa shape index (κ3) is 4.85. The van der Waals surface area contributed by atoms with E-state index in [2.05, 4.69) is 5.32 Å². The highest BCUT2D eigenvalue weighted by molar-refractivity contribution is 7.12. The van der Waals surface area contributed by atoms with Crippen LogP contribution in [0.1, 0.15) is 28.6 Å². The Morgan fingerprint density at radius 2 is 2.35 bits per heavy atom. The molecule has 5 heteroatoms. The van der Waals surface area contributed by atoms with Crippen molar-refractivity contribution in [3.8, 4) is 0 Å². The highest BCUT2D eigenvalue weighted by atomic mass is 32.1. The molecule has 0 radical (unpaired) electrons. The van der Waals surface area contributed by atoms with Crippen LogP contribution in [0.15, 0.2) is 11.4 Å². The van der Waals surface area contributed by atoms with Crippen LogP contribution in [-0.2, 0) is 11.2 Å². The van der Waals surface area contributed by atoms with Crippen LogP contribution in [0.2, 0.25) is 0 Å². The van der Waals surface area contributed by atoms with E-state index in [9.17, 15) is 4.79 Å². The van der Waals surface area contributed by atoms with Gasteiger partial charge in [-0.25, -0.2) is 0 Å². The normalized spacial score (nSPS) is 10.5. The quantitative estimate of drug-likeness (QED) is 0.693. The average Bonchev–Trinajstić information content (AvgIpc) is 2.81. The summed E-state index contributed by atoms with van der Waals surface area (Å²) in [6, 6.07) is 1.99. The van der Waals surface area contributed by atoms with Crippen molar-refractivity contribution >= 4 is 17.2 Å². The van der Waals surface area contributed by atoms with E-state index in [4.69, 9.17) is 9.84 Å². The minimum atomic E-state index is -0.000918. The molecule has 0 aliphatic carbocycles. The van der Waals surface area contributed by atoms with Crippen LogP contribution in [0.4, 0.5) is 0 Å². The van der Waals surface area contributed by atoms with Crippen molar-refractivity contribution in [1.82, 2.24) is 5.32 Å². The smallest absolute Gasteiger partial charge is 0.261 e. The highest BCUT2D eigenvalue weighted by Crippen LogP contribution is 2.16. The molecule has 2 N–H and O–H groups in total. The Morgan fingerprint density at radius 1 is 1.53 bits per heavy atom. The topological polar surface area (TPSA) is 58.6 Å². The van der Waals surface area contributed by atoms with Crippen molar-refractivity contribution in [3.63, 3.8) is 0 Å². The third-order valence-electron chi connectivity index (χ3n) is 2.32. The number of hydrogen-bond acceptors (Lipinski definition) is 4. The van der Waals surface area contributed by atoms with Crippen LogP contribution >= 0.6 is 11.3 Å². The molecule has 1 aromatic heterocycles. The molecule has 1 rings (SSSR count). The minimum Gasteiger partial charge on any atom is -0.394 e. The molecule has 4 nitrogen and oxygen atoms in total. The first kappa shape index (κ1) is 14.2. The lowest BCUT2D eigenvalue weighted by atomic mass is 10.2. The molecule has 0 atom stereocenters. The Labute approximate surface area is 106 Å². The number of aryl methyl sites for hydroxylation is 1. The van der Waals surface area contributed by atoms with Crippen LogP contribution in [0.25, 0.3) is 0 Å². The first-order valence-electron chi connectivity index (χ1n) is 5.82. The fourth-order valence-corrected chi connectivity index (χ4v) is 2.35. The summed E-state index contributed by atoms with van der Waals surface area (Å²) < 4.78 is 5.10. The Morgan fingerprint density at radius 3 is 3.06 bits per heavy atom. The number of thiophene rings is 1. The maximum absolute atomic E-state index is 11.8. The summed E-state index contributed by atoms with van der Waals surface area (Å²) in [6.07, 6.45) is 1.64. The largest absolute Gasteiger partial charge is 0.394 e. The van der Waals surface area contributed by atoms with Crippen LogP contribution in [-0.4, -0.2) is 37.4 Å². The summed E-state index contributed by atoms with van der Waals surface area (Å²) in [4.78, 5) is 12.6. The summed E-state index contributed by atoms with van der Waals surface area (Å²) in [5.41, 5.74) is 1.10. The fraction of sp³-hybridized carbons (Fsp3) is 0.583. The van der Waals surface area contributed by atoms with E-state index < -0.39 is 0 Å². The maximum atomic E-state index is 11.8. The Bertz CT molecular complexity index is 338. The van der Waals surface area contributed by atoms with Gasteiger partial charge in [0.2, 0.25) is 0 Å². The molecule has 0 spiro atoms. The summed E-state index contributed by atoms with van der Waals surface area (Å²) >= 11 is 1.48. The van der Waals surface area contributed by atoms with Gasteiger partial charge in [0.05, 0.1) is 18.1 Å². The van der Waals surface area contributed by atoms with Gasteiger partial charge >= 0.3 is 0 Å². The van der Waals surface area contributed by atoms with Crippen molar-refractivity contribution < 1.29 is 14.6 Å². The van der Waals surface area contributed by atoms with Gasteiger partial charge in [-0.3, -0.25) is 4.79 Å². The predicted octanol–water partition coefficient (Wildman–Crippen LogP) is 1.44. The number of carbonyl (C=O) groups is 1. The lowest BCUT2D eigenvalue weighted by Gasteiger charge is -2.05. The van der Waals surface area contributed by atoms with Crippen molar-refractivity contribution in [3.05, 3.63) is 21.9 Å². The third-order valence-corrected chi connectivity index (χ3v) is 3.28.